The molecule has 6 heteroatoms. The Balaban J connectivity index is 1.98. The van der Waals surface area contributed by atoms with Crippen LogP contribution >= 0.6 is 0 Å². The molecule has 20 heavy (non-hydrogen) atoms. The Labute approximate surface area is 116 Å². The van der Waals surface area contributed by atoms with Crippen LogP contribution in [0.4, 0.5) is 5.69 Å². The maximum absolute atomic E-state index is 11.8. The zero-order valence-corrected chi connectivity index (χ0v) is 11.3. The lowest BCUT2D eigenvalue weighted by Gasteiger charge is -2.01. The minimum Gasteiger partial charge on any atom is -0.444 e. The number of carbonyl (C=O) groups is 1. The van der Waals surface area contributed by atoms with E-state index in [-0.39, 0.29) is 11.6 Å². The first-order chi connectivity index (χ1) is 9.70. The number of nitrogens with one attached hydrogen (secondary N) is 1. The number of nitrogen functional groups attached to an aromatic ring is 1. The van der Waals surface area contributed by atoms with Crippen molar-refractivity contribution in [1.82, 2.24) is 10.3 Å². The molecule has 6 nitrogen and oxygen atoms in total. The van der Waals surface area contributed by atoms with Gasteiger partial charge in [-0.3, -0.25) is 4.79 Å². The highest BCUT2D eigenvalue weighted by molar-refractivity contribution is 5.92. The number of rotatable bonds is 6. The van der Waals surface area contributed by atoms with Crippen LogP contribution in [0.2, 0.25) is 0 Å². The summed E-state index contributed by atoms with van der Waals surface area (Å²) in [5.41, 5.74) is 7.31. The molecule has 0 aliphatic rings. The predicted octanol–water partition coefficient (Wildman–Crippen LogP) is 1.69. The van der Waals surface area contributed by atoms with E-state index in [1.54, 1.807) is 31.4 Å². The number of oxazole rings is 1. The maximum Gasteiger partial charge on any atom is 0.273 e. The highest BCUT2D eigenvalue weighted by atomic mass is 16.5. The first-order valence-corrected chi connectivity index (χ1v) is 6.29. The number of hydrogen-bond donors (Lipinski definition) is 2. The molecule has 106 valence electrons. The summed E-state index contributed by atoms with van der Waals surface area (Å²) in [6.07, 6.45) is 2.10. The average molecular weight is 275 g/mol. The van der Waals surface area contributed by atoms with Crippen LogP contribution in [0.25, 0.3) is 11.5 Å². The van der Waals surface area contributed by atoms with E-state index in [4.69, 9.17) is 14.9 Å². The van der Waals surface area contributed by atoms with Gasteiger partial charge in [-0.1, -0.05) is 0 Å². The van der Waals surface area contributed by atoms with Crippen LogP contribution in [0.3, 0.4) is 0 Å². The monoisotopic (exact) mass is 275 g/mol. The number of nitrogens with zero attached hydrogens (tertiary/aromatic N) is 1. The highest BCUT2D eigenvalue weighted by Crippen LogP contribution is 2.19. The fourth-order valence-electron chi connectivity index (χ4n) is 1.65. The molecule has 0 aliphatic carbocycles. The van der Waals surface area contributed by atoms with Gasteiger partial charge in [0.15, 0.2) is 5.69 Å². The average Bonchev–Trinajstić information content (AvgIpc) is 2.94. The quantitative estimate of drug-likeness (QED) is 0.618. The summed E-state index contributed by atoms with van der Waals surface area (Å²) < 4.78 is 10.2. The van der Waals surface area contributed by atoms with E-state index in [1.807, 2.05) is 0 Å². The van der Waals surface area contributed by atoms with E-state index in [9.17, 15) is 4.79 Å². The molecular formula is C14H17N3O3. The van der Waals surface area contributed by atoms with E-state index in [0.717, 1.165) is 12.0 Å². The molecule has 0 radical (unpaired) electrons. The molecule has 0 saturated carbocycles. The molecule has 0 atom stereocenters. The molecule has 1 heterocycles. The number of methoxy groups -OCH3 is 1. The molecule has 1 amide bonds. The number of anilines is 1. The second-order valence-electron chi connectivity index (χ2n) is 4.26. The Bertz CT molecular complexity index is 563. The van der Waals surface area contributed by atoms with E-state index in [0.29, 0.717) is 24.7 Å². The Hall–Kier alpha value is -2.34. The minimum absolute atomic E-state index is 0.258. The SMILES string of the molecule is COCCCNC(=O)c1coc(-c2ccc(N)cc2)n1. The molecule has 1 aromatic carbocycles. The Morgan fingerprint density at radius 1 is 1.40 bits per heavy atom. The van der Waals surface area contributed by atoms with Crippen LogP contribution in [0, 0.1) is 0 Å². The van der Waals surface area contributed by atoms with E-state index < -0.39 is 0 Å². The normalized spacial score (nSPS) is 10.4. The molecule has 0 aliphatic heterocycles. The fraction of sp³-hybridized carbons (Fsp3) is 0.286. The van der Waals surface area contributed by atoms with Crippen LogP contribution in [-0.2, 0) is 4.74 Å². The maximum atomic E-state index is 11.8. The summed E-state index contributed by atoms with van der Waals surface area (Å²) in [5.74, 6) is 0.138. The summed E-state index contributed by atoms with van der Waals surface area (Å²) in [6, 6.07) is 7.09. The van der Waals surface area contributed by atoms with Gasteiger partial charge in [0.1, 0.15) is 6.26 Å². The molecule has 2 aromatic rings. The van der Waals surface area contributed by atoms with Gasteiger partial charge < -0.3 is 20.2 Å². The second-order valence-corrected chi connectivity index (χ2v) is 4.26. The van der Waals surface area contributed by atoms with Crippen LogP contribution in [0.1, 0.15) is 16.9 Å². The van der Waals surface area contributed by atoms with Crippen molar-refractivity contribution in [3.63, 3.8) is 0 Å². The highest BCUT2D eigenvalue weighted by Gasteiger charge is 2.12. The van der Waals surface area contributed by atoms with E-state index >= 15 is 0 Å². The summed E-state index contributed by atoms with van der Waals surface area (Å²) in [5, 5.41) is 2.75. The Morgan fingerprint density at radius 3 is 2.85 bits per heavy atom. The van der Waals surface area contributed by atoms with Gasteiger partial charge in [0.2, 0.25) is 5.89 Å². The van der Waals surface area contributed by atoms with Crippen LogP contribution in [0.5, 0.6) is 0 Å². The molecule has 3 N–H and O–H groups in total. The molecule has 0 fully saturated rings. The predicted molar refractivity (Wildman–Crippen MR) is 75.2 cm³/mol. The number of carbonyl (C=O) groups excluding carboxylic acids is 1. The van der Waals surface area contributed by atoms with Crippen LogP contribution in [-0.4, -0.2) is 31.2 Å². The second kappa shape index (κ2) is 6.72. The third-order valence-corrected chi connectivity index (χ3v) is 2.71. The number of amides is 1. The summed E-state index contributed by atoms with van der Waals surface area (Å²) in [6.45, 7) is 1.15. The number of hydrogen-bond acceptors (Lipinski definition) is 5. The van der Waals surface area contributed by atoms with Crippen molar-refractivity contribution >= 4 is 11.6 Å². The minimum atomic E-state index is -0.258. The topological polar surface area (TPSA) is 90.4 Å². The molecule has 0 spiro atoms. The molecule has 1 aromatic heterocycles. The van der Waals surface area contributed by atoms with Crippen molar-refractivity contribution in [2.24, 2.45) is 0 Å². The van der Waals surface area contributed by atoms with Crippen molar-refractivity contribution in [3.05, 3.63) is 36.2 Å². The third kappa shape index (κ3) is 3.58. The number of nitrogens with two attached hydrogens (primary N) is 1. The molecular weight excluding hydrogens is 258 g/mol. The molecule has 2 rings (SSSR count). The summed E-state index contributed by atoms with van der Waals surface area (Å²) in [7, 11) is 1.62. The van der Waals surface area contributed by atoms with Gasteiger partial charge in [0.05, 0.1) is 0 Å². The van der Waals surface area contributed by atoms with Gasteiger partial charge in [-0.25, -0.2) is 4.98 Å². The van der Waals surface area contributed by atoms with Crippen molar-refractivity contribution in [1.29, 1.82) is 0 Å². The summed E-state index contributed by atoms with van der Waals surface area (Å²) >= 11 is 0. The lowest BCUT2D eigenvalue weighted by Crippen LogP contribution is -2.25. The molecule has 0 bridgehead atoms. The number of aromatic nitrogens is 1. The van der Waals surface area contributed by atoms with Gasteiger partial charge in [0, 0.05) is 31.5 Å². The van der Waals surface area contributed by atoms with Crippen molar-refractivity contribution in [2.45, 2.75) is 6.42 Å². The zero-order valence-electron chi connectivity index (χ0n) is 11.3. The lowest BCUT2D eigenvalue weighted by atomic mass is 10.2. The largest absolute Gasteiger partial charge is 0.444 e. The van der Waals surface area contributed by atoms with Crippen molar-refractivity contribution in [2.75, 3.05) is 26.0 Å². The van der Waals surface area contributed by atoms with E-state index in [1.165, 1.54) is 6.26 Å². The van der Waals surface area contributed by atoms with Gasteiger partial charge >= 0.3 is 0 Å². The molecule has 0 unspecified atom stereocenters. The Morgan fingerprint density at radius 2 is 2.15 bits per heavy atom. The first-order valence-electron chi connectivity index (χ1n) is 6.29. The molecule has 0 saturated heterocycles. The van der Waals surface area contributed by atoms with Crippen molar-refractivity contribution < 1.29 is 13.9 Å². The van der Waals surface area contributed by atoms with Crippen LogP contribution in [0.15, 0.2) is 34.9 Å². The van der Waals surface area contributed by atoms with Gasteiger partial charge in [-0.2, -0.15) is 0 Å². The number of benzene rings is 1. The van der Waals surface area contributed by atoms with Gasteiger partial charge in [-0.05, 0) is 30.7 Å². The first kappa shape index (κ1) is 14.1. The smallest absolute Gasteiger partial charge is 0.273 e. The van der Waals surface area contributed by atoms with Crippen LogP contribution < -0.4 is 11.1 Å². The number of ether oxygens (including phenoxy) is 1. The Kier molecular flexibility index (Phi) is 4.73. The third-order valence-electron chi connectivity index (χ3n) is 2.71. The zero-order chi connectivity index (χ0) is 14.4. The lowest BCUT2D eigenvalue weighted by molar-refractivity contribution is 0.0943. The fourth-order valence-corrected chi connectivity index (χ4v) is 1.65. The van der Waals surface area contributed by atoms with Gasteiger partial charge in [-0.15, -0.1) is 0 Å². The van der Waals surface area contributed by atoms with E-state index in [2.05, 4.69) is 10.3 Å². The van der Waals surface area contributed by atoms with Gasteiger partial charge in [0.25, 0.3) is 5.91 Å². The summed E-state index contributed by atoms with van der Waals surface area (Å²) in [4.78, 5) is 16.0. The standard InChI is InChI=1S/C14H17N3O3/c1-19-8-2-7-16-13(18)12-9-20-14(17-12)10-3-5-11(15)6-4-10/h3-6,9H,2,7-8,15H2,1H3,(H,16,18). The van der Waals surface area contributed by atoms with Crippen molar-refractivity contribution in [3.8, 4) is 11.5 Å².